The van der Waals surface area contributed by atoms with Gasteiger partial charge in [-0.3, -0.25) is 4.79 Å². The number of nitrogens with zero attached hydrogens (tertiary/aromatic N) is 3. The van der Waals surface area contributed by atoms with Crippen LogP contribution < -0.4 is 10.1 Å². The molecule has 33 heavy (non-hydrogen) atoms. The maximum atomic E-state index is 12.6. The van der Waals surface area contributed by atoms with Gasteiger partial charge in [-0.1, -0.05) is 5.11 Å². The molecule has 1 N–H and O–H groups in total. The molecule has 1 aromatic carbocycles. The Balaban J connectivity index is 1.72. The molecule has 0 bridgehead atoms. The van der Waals surface area contributed by atoms with Crippen molar-refractivity contribution in [1.29, 1.82) is 0 Å². The first kappa shape index (κ1) is 23.7. The summed E-state index contributed by atoms with van der Waals surface area (Å²) in [4.78, 5) is 15.5. The van der Waals surface area contributed by atoms with Crippen LogP contribution in [-0.2, 0) is 28.5 Å². The van der Waals surface area contributed by atoms with Crippen LogP contribution in [0.5, 0.6) is 5.75 Å². The van der Waals surface area contributed by atoms with Crippen molar-refractivity contribution in [2.45, 2.75) is 89.0 Å². The molecule has 0 radical (unpaired) electrons. The summed E-state index contributed by atoms with van der Waals surface area (Å²) in [5.74, 6) is -1.42. The number of azide groups is 1. The number of Topliss-reactive ketones (excluding diaryl/α,β-unsaturated/α-hetero) is 1. The van der Waals surface area contributed by atoms with E-state index in [1.54, 1.807) is 59.1 Å². The molecule has 0 amide bonds. The van der Waals surface area contributed by atoms with Gasteiger partial charge in [-0.05, 0) is 64.4 Å². The number of carbonyl (C=O) groups is 1. The summed E-state index contributed by atoms with van der Waals surface area (Å²) in [6.45, 7) is 8.58. The molecular weight excluding hydrogens is 432 g/mol. The molecule has 3 aliphatic heterocycles. The van der Waals surface area contributed by atoms with Crippen molar-refractivity contribution in [1.82, 2.24) is 0 Å². The molecule has 4 rings (SSSR count). The molecule has 3 aliphatic rings. The van der Waals surface area contributed by atoms with Gasteiger partial charge in [-0.2, -0.15) is 0 Å². The average Bonchev–Trinajstić information content (AvgIpc) is 3.24. The number of ketones is 1. The van der Waals surface area contributed by atoms with Crippen molar-refractivity contribution in [2.24, 2.45) is 5.11 Å². The van der Waals surface area contributed by atoms with E-state index in [1.807, 2.05) is 0 Å². The molecular formula is C22H30N4O7. The zero-order chi connectivity index (χ0) is 24.0. The molecule has 11 heteroatoms. The van der Waals surface area contributed by atoms with E-state index >= 15 is 0 Å². The minimum atomic E-state index is -1.07. The summed E-state index contributed by atoms with van der Waals surface area (Å²) in [6.07, 6.45) is -3.13. The van der Waals surface area contributed by atoms with Crippen LogP contribution in [0, 0.1) is 0 Å². The number of hydrogen-bond acceptors (Lipinski definition) is 9. The number of methoxy groups -OCH3 is 1. The standard InChI is InChI=1S/C22H30N4O7/c1-11(27)14(25-26-23)15(24-12-7-9-13(28-6)10-8-12)16-17-18(31-21(2,3)30-17)19-20(29-16)33-22(4,5)32-19/h7-10,14-20,24H,1-6H3/t14-,15+,16-,17-,18-,19+,20+/m1/s1. The highest BCUT2D eigenvalue weighted by atomic mass is 16.9. The zero-order valence-corrected chi connectivity index (χ0v) is 19.6. The first-order chi connectivity index (χ1) is 15.5. The largest absolute Gasteiger partial charge is 0.497 e. The first-order valence-electron chi connectivity index (χ1n) is 10.9. The lowest BCUT2D eigenvalue weighted by Gasteiger charge is -2.42. The normalized spacial score (nSPS) is 33.2. The van der Waals surface area contributed by atoms with E-state index in [4.69, 9.17) is 28.4 Å². The van der Waals surface area contributed by atoms with Crippen LogP contribution in [-0.4, -0.2) is 67.3 Å². The summed E-state index contributed by atoms with van der Waals surface area (Å²) in [6, 6.07) is 5.33. The number of carbonyl (C=O) groups excluding carboxylic acids is 1. The Morgan fingerprint density at radius 2 is 1.67 bits per heavy atom. The highest BCUT2D eigenvalue weighted by Gasteiger charge is 2.62. The Morgan fingerprint density at radius 3 is 2.27 bits per heavy atom. The molecule has 3 heterocycles. The predicted molar refractivity (Wildman–Crippen MR) is 117 cm³/mol. The van der Waals surface area contributed by atoms with Gasteiger partial charge in [0.15, 0.2) is 17.9 Å². The van der Waals surface area contributed by atoms with Gasteiger partial charge in [-0.25, -0.2) is 0 Å². The van der Waals surface area contributed by atoms with Crippen molar-refractivity contribution >= 4 is 11.5 Å². The van der Waals surface area contributed by atoms with Gasteiger partial charge in [0.1, 0.15) is 42.0 Å². The molecule has 0 spiro atoms. The maximum Gasteiger partial charge on any atom is 0.190 e. The lowest BCUT2D eigenvalue weighted by atomic mass is 9.89. The molecule has 3 saturated heterocycles. The van der Waals surface area contributed by atoms with Gasteiger partial charge >= 0.3 is 0 Å². The minimum Gasteiger partial charge on any atom is -0.497 e. The SMILES string of the molecule is COc1ccc(N[C@H]([C@H]2O[C@H]3OC(C)(C)O[C@H]3[C@@H]3OC(C)(C)O[C@@H]32)[C@H](N=[N+]=[N-])C(C)=O)cc1. The second-order valence-electron chi connectivity index (χ2n) is 9.29. The van der Waals surface area contributed by atoms with Crippen LogP contribution in [0.3, 0.4) is 0 Å². The molecule has 0 aliphatic carbocycles. The van der Waals surface area contributed by atoms with Crippen molar-refractivity contribution < 1.29 is 33.2 Å². The minimum absolute atomic E-state index is 0.316. The number of rotatable bonds is 7. The Kier molecular flexibility index (Phi) is 6.30. The molecule has 0 unspecified atom stereocenters. The molecule has 0 saturated carbocycles. The van der Waals surface area contributed by atoms with Crippen molar-refractivity contribution in [3.63, 3.8) is 0 Å². The Hall–Kier alpha value is -2.40. The smallest absolute Gasteiger partial charge is 0.190 e. The third kappa shape index (κ3) is 4.79. The van der Waals surface area contributed by atoms with E-state index in [0.29, 0.717) is 11.4 Å². The van der Waals surface area contributed by atoms with Gasteiger partial charge in [0, 0.05) is 10.6 Å². The Bertz CT molecular complexity index is 929. The van der Waals surface area contributed by atoms with Crippen LogP contribution >= 0.6 is 0 Å². The number of benzene rings is 1. The van der Waals surface area contributed by atoms with E-state index in [1.165, 1.54) is 6.92 Å². The number of hydrogen-bond donors (Lipinski definition) is 1. The molecule has 11 nitrogen and oxygen atoms in total. The lowest BCUT2D eigenvalue weighted by molar-refractivity contribution is -0.237. The molecule has 0 aromatic heterocycles. The van der Waals surface area contributed by atoms with Gasteiger partial charge in [0.2, 0.25) is 0 Å². The second kappa shape index (κ2) is 8.75. The molecule has 180 valence electrons. The van der Waals surface area contributed by atoms with Gasteiger partial charge < -0.3 is 33.7 Å². The number of nitrogens with one attached hydrogen (secondary N) is 1. The Labute approximate surface area is 192 Å². The summed E-state index contributed by atoms with van der Waals surface area (Å²) >= 11 is 0. The highest BCUT2D eigenvalue weighted by molar-refractivity contribution is 5.83. The third-order valence-corrected chi connectivity index (χ3v) is 5.90. The van der Waals surface area contributed by atoms with Gasteiger partial charge in [-0.15, -0.1) is 0 Å². The maximum absolute atomic E-state index is 12.6. The first-order valence-corrected chi connectivity index (χ1v) is 10.9. The highest BCUT2D eigenvalue weighted by Crippen LogP contribution is 2.45. The topological polar surface area (TPSA) is 133 Å². The fourth-order valence-corrected chi connectivity index (χ4v) is 4.61. The number of anilines is 1. The summed E-state index contributed by atoms with van der Waals surface area (Å²) in [5, 5.41) is 7.10. The van der Waals surface area contributed by atoms with Crippen LogP contribution in [0.4, 0.5) is 5.69 Å². The number of ether oxygens (including phenoxy) is 6. The van der Waals surface area contributed by atoms with Crippen molar-refractivity contribution in [3.8, 4) is 5.75 Å². The van der Waals surface area contributed by atoms with Crippen LogP contribution in [0.2, 0.25) is 0 Å². The van der Waals surface area contributed by atoms with E-state index in [0.717, 1.165) is 0 Å². The zero-order valence-electron chi connectivity index (χ0n) is 19.6. The van der Waals surface area contributed by atoms with Gasteiger partial charge in [0.25, 0.3) is 0 Å². The van der Waals surface area contributed by atoms with Gasteiger partial charge in [0.05, 0.1) is 13.2 Å². The fraction of sp³-hybridized carbons (Fsp3) is 0.682. The monoisotopic (exact) mass is 462 g/mol. The van der Waals surface area contributed by atoms with E-state index in [-0.39, 0.29) is 5.78 Å². The van der Waals surface area contributed by atoms with Crippen LogP contribution in [0.15, 0.2) is 29.4 Å². The summed E-state index contributed by atoms with van der Waals surface area (Å²) in [7, 11) is 1.58. The van der Waals surface area contributed by atoms with Crippen LogP contribution in [0.25, 0.3) is 10.4 Å². The predicted octanol–water partition coefficient (Wildman–Crippen LogP) is 3.14. The molecule has 1 aromatic rings. The fourth-order valence-electron chi connectivity index (χ4n) is 4.61. The summed E-state index contributed by atoms with van der Waals surface area (Å²) in [5.41, 5.74) is 9.86. The third-order valence-electron chi connectivity index (χ3n) is 5.90. The lowest BCUT2D eigenvalue weighted by Crippen LogP contribution is -2.62. The van der Waals surface area contributed by atoms with Crippen molar-refractivity contribution in [2.75, 3.05) is 12.4 Å². The van der Waals surface area contributed by atoms with E-state index < -0.39 is 54.4 Å². The molecule has 3 fully saturated rings. The Morgan fingerprint density at radius 1 is 1.06 bits per heavy atom. The van der Waals surface area contributed by atoms with E-state index in [9.17, 15) is 10.3 Å². The number of fused-ring (bicyclic) bond motifs is 3. The summed E-state index contributed by atoms with van der Waals surface area (Å²) < 4.78 is 36.0. The van der Waals surface area contributed by atoms with E-state index in [2.05, 4.69) is 15.3 Å². The average molecular weight is 463 g/mol. The quantitative estimate of drug-likeness (QED) is 0.371. The second-order valence-corrected chi connectivity index (χ2v) is 9.29. The molecule has 7 atom stereocenters. The van der Waals surface area contributed by atoms with Crippen molar-refractivity contribution in [3.05, 3.63) is 34.7 Å². The van der Waals surface area contributed by atoms with Crippen LogP contribution in [0.1, 0.15) is 34.6 Å².